The van der Waals surface area contributed by atoms with E-state index in [1.807, 2.05) is 0 Å². The first-order valence-corrected chi connectivity index (χ1v) is 6.51. The van der Waals surface area contributed by atoms with Crippen LogP contribution in [0.25, 0.3) is 0 Å². The lowest BCUT2D eigenvalue weighted by Crippen LogP contribution is -2.46. The minimum absolute atomic E-state index is 0.0481. The number of nitrogens with one attached hydrogen (secondary N) is 1. The van der Waals surface area contributed by atoms with Crippen LogP contribution in [0.1, 0.15) is 12.8 Å². The number of rotatable bonds is 5. The highest BCUT2D eigenvalue weighted by atomic mass is 32.2. The monoisotopic (exact) mass is 235 g/mol. The van der Waals surface area contributed by atoms with Gasteiger partial charge in [-0.25, -0.2) is 13.1 Å². The number of hydrogen-bond donors (Lipinski definition) is 2. The number of ether oxygens (including phenoxy) is 1. The highest BCUT2D eigenvalue weighted by molar-refractivity contribution is 7.89. The van der Waals surface area contributed by atoms with Gasteiger partial charge < -0.3 is 9.84 Å². The van der Waals surface area contributed by atoms with Crippen LogP contribution in [0, 0.1) is 0 Å². The lowest BCUT2D eigenvalue weighted by atomic mass is 9.95. The summed E-state index contributed by atoms with van der Waals surface area (Å²) in [7, 11) is -3.34. The van der Waals surface area contributed by atoms with Crippen molar-refractivity contribution in [2.24, 2.45) is 0 Å². The van der Waals surface area contributed by atoms with Gasteiger partial charge in [0.2, 0.25) is 10.0 Å². The smallest absolute Gasteiger partial charge is 0.215 e. The Morgan fingerprint density at radius 2 is 2.07 bits per heavy atom. The minimum Gasteiger partial charge on any atom is -0.388 e. The highest BCUT2D eigenvalue weighted by Gasteiger charge is 2.30. The van der Waals surface area contributed by atoms with E-state index in [4.69, 9.17) is 4.74 Å². The van der Waals surface area contributed by atoms with Crippen molar-refractivity contribution in [2.45, 2.75) is 18.4 Å². The quantitative estimate of drug-likeness (QED) is 0.638. The van der Waals surface area contributed by atoms with E-state index < -0.39 is 15.6 Å². The second kappa shape index (κ2) is 5.07. The molecule has 0 amide bonds. The predicted molar refractivity (Wildman–Crippen MR) is 57.0 cm³/mol. The van der Waals surface area contributed by atoms with Crippen LogP contribution < -0.4 is 4.72 Å². The second-order valence-electron chi connectivity index (χ2n) is 3.73. The first kappa shape index (κ1) is 12.6. The van der Waals surface area contributed by atoms with Crippen molar-refractivity contribution in [3.05, 3.63) is 12.7 Å². The molecule has 1 saturated heterocycles. The Kier molecular flexibility index (Phi) is 4.27. The Morgan fingerprint density at radius 3 is 2.60 bits per heavy atom. The Morgan fingerprint density at radius 1 is 1.47 bits per heavy atom. The van der Waals surface area contributed by atoms with Gasteiger partial charge in [0.1, 0.15) is 0 Å². The van der Waals surface area contributed by atoms with Gasteiger partial charge >= 0.3 is 0 Å². The molecule has 5 nitrogen and oxygen atoms in total. The molecule has 0 aromatic carbocycles. The lowest BCUT2D eigenvalue weighted by Gasteiger charge is -2.31. The van der Waals surface area contributed by atoms with Gasteiger partial charge in [-0.1, -0.05) is 6.08 Å². The van der Waals surface area contributed by atoms with Gasteiger partial charge in [-0.15, -0.1) is 6.58 Å². The van der Waals surface area contributed by atoms with E-state index in [0.717, 1.165) is 0 Å². The molecule has 0 bridgehead atoms. The standard InChI is InChI=1S/C9H17NO4S/c1-2-7-15(12,13)10-8-9(11)3-5-14-6-4-9/h2,10-11H,1,3-8H2. The summed E-state index contributed by atoms with van der Waals surface area (Å²) in [5, 5.41) is 9.97. The zero-order valence-corrected chi connectivity index (χ0v) is 9.42. The third kappa shape index (κ3) is 4.29. The first-order chi connectivity index (χ1) is 6.97. The molecule has 1 aliphatic heterocycles. The third-order valence-corrected chi connectivity index (χ3v) is 3.64. The molecule has 88 valence electrons. The maximum absolute atomic E-state index is 11.3. The maximum atomic E-state index is 11.3. The predicted octanol–water partition coefficient (Wildman–Crippen LogP) is -0.367. The molecular weight excluding hydrogens is 218 g/mol. The number of sulfonamides is 1. The van der Waals surface area contributed by atoms with Crippen molar-refractivity contribution in [3.8, 4) is 0 Å². The highest BCUT2D eigenvalue weighted by Crippen LogP contribution is 2.19. The van der Waals surface area contributed by atoms with E-state index in [9.17, 15) is 13.5 Å². The van der Waals surface area contributed by atoms with E-state index in [-0.39, 0.29) is 12.3 Å². The zero-order chi connectivity index (χ0) is 11.4. The average molecular weight is 235 g/mol. The van der Waals surface area contributed by atoms with Crippen LogP contribution in [0.5, 0.6) is 0 Å². The van der Waals surface area contributed by atoms with Gasteiger partial charge in [0.25, 0.3) is 0 Å². The van der Waals surface area contributed by atoms with Gasteiger partial charge in [0.15, 0.2) is 0 Å². The fraction of sp³-hybridized carbons (Fsp3) is 0.778. The zero-order valence-electron chi connectivity index (χ0n) is 8.61. The largest absolute Gasteiger partial charge is 0.388 e. The van der Waals surface area contributed by atoms with Gasteiger partial charge in [-0.3, -0.25) is 0 Å². The molecule has 0 spiro atoms. The molecule has 2 N–H and O–H groups in total. The summed E-state index contributed by atoms with van der Waals surface area (Å²) in [5.41, 5.74) is -0.966. The van der Waals surface area contributed by atoms with Gasteiger partial charge in [0, 0.05) is 32.6 Å². The van der Waals surface area contributed by atoms with E-state index in [1.54, 1.807) is 0 Å². The molecule has 0 aromatic rings. The molecule has 15 heavy (non-hydrogen) atoms. The van der Waals surface area contributed by atoms with Crippen LogP contribution in [0.4, 0.5) is 0 Å². The molecule has 0 aliphatic carbocycles. The molecule has 0 unspecified atom stereocenters. The fourth-order valence-electron chi connectivity index (χ4n) is 1.39. The molecule has 1 rings (SSSR count). The van der Waals surface area contributed by atoms with Crippen molar-refractivity contribution >= 4 is 10.0 Å². The molecule has 1 fully saturated rings. The number of hydrogen-bond acceptors (Lipinski definition) is 4. The molecule has 6 heteroatoms. The van der Waals surface area contributed by atoms with Crippen LogP contribution in [0.15, 0.2) is 12.7 Å². The molecule has 1 aliphatic rings. The van der Waals surface area contributed by atoms with Crippen LogP contribution >= 0.6 is 0 Å². The van der Waals surface area contributed by atoms with E-state index in [0.29, 0.717) is 26.1 Å². The Bertz CT molecular complexity index is 306. The Balaban J connectivity index is 2.44. The van der Waals surface area contributed by atoms with Gasteiger partial charge in [0.05, 0.1) is 11.4 Å². The topological polar surface area (TPSA) is 75.6 Å². The SMILES string of the molecule is C=CCS(=O)(=O)NCC1(O)CCOCC1. The van der Waals surface area contributed by atoms with Crippen LogP contribution in [0.3, 0.4) is 0 Å². The first-order valence-electron chi connectivity index (χ1n) is 4.86. The fourth-order valence-corrected chi connectivity index (χ4v) is 2.30. The van der Waals surface area contributed by atoms with Crippen molar-refractivity contribution in [1.29, 1.82) is 0 Å². The molecular formula is C9H17NO4S. The minimum atomic E-state index is -3.34. The molecule has 1 heterocycles. The van der Waals surface area contributed by atoms with Crippen molar-refractivity contribution < 1.29 is 18.3 Å². The molecule has 0 saturated carbocycles. The Hall–Kier alpha value is -0.430. The normalized spacial score (nSPS) is 21.1. The molecule has 0 aromatic heterocycles. The molecule has 0 radical (unpaired) electrons. The summed E-state index contributed by atoms with van der Waals surface area (Å²) in [6.07, 6.45) is 2.24. The van der Waals surface area contributed by atoms with Gasteiger partial charge in [-0.2, -0.15) is 0 Å². The molecule has 0 atom stereocenters. The third-order valence-electron chi connectivity index (χ3n) is 2.38. The summed E-state index contributed by atoms with van der Waals surface area (Å²) >= 11 is 0. The van der Waals surface area contributed by atoms with E-state index in [2.05, 4.69) is 11.3 Å². The summed E-state index contributed by atoms with van der Waals surface area (Å²) in [6, 6.07) is 0. The average Bonchev–Trinajstić information content (AvgIpc) is 2.17. The second-order valence-corrected chi connectivity index (χ2v) is 5.58. The van der Waals surface area contributed by atoms with E-state index >= 15 is 0 Å². The summed E-state index contributed by atoms with van der Waals surface area (Å²) < 4.78 is 30.0. The van der Waals surface area contributed by atoms with Crippen LogP contribution in [0.2, 0.25) is 0 Å². The maximum Gasteiger partial charge on any atom is 0.215 e. The summed E-state index contributed by atoms with van der Waals surface area (Å²) in [4.78, 5) is 0. The lowest BCUT2D eigenvalue weighted by molar-refractivity contribution is -0.0588. The number of aliphatic hydroxyl groups is 1. The Labute approximate surface area is 90.2 Å². The van der Waals surface area contributed by atoms with Gasteiger partial charge in [-0.05, 0) is 0 Å². The van der Waals surface area contributed by atoms with Crippen LogP contribution in [-0.2, 0) is 14.8 Å². The van der Waals surface area contributed by atoms with Crippen molar-refractivity contribution in [3.63, 3.8) is 0 Å². The van der Waals surface area contributed by atoms with Crippen LogP contribution in [-0.4, -0.2) is 44.6 Å². The summed E-state index contributed by atoms with van der Waals surface area (Å²) in [6.45, 7) is 4.35. The van der Waals surface area contributed by atoms with E-state index in [1.165, 1.54) is 6.08 Å². The van der Waals surface area contributed by atoms with Crippen molar-refractivity contribution in [2.75, 3.05) is 25.5 Å². The van der Waals surface area contributed by atoms with Crippen molar-refractivity contribution in [1.82, 2.24) is 4.72 Å². The summed E-state index contributed by atoms with van der Waals surface area (Å²) in [5.74, 6) is -0.125.